The summed E-state index contributed by atoms with van der Waals surface area (Å²) in [6, 6.07) is 2.85. The molecule has 7 heteroatoms. The third-order valence-electron chi connectivity index (χ3n) is 2.46. The first-order chi connectivity index (χ1) is 8.75. The van der Waals surface area contributed by atoms with E-state index in [4.69, 9.17) is 11.6 Å². The largest absolute Gasteiger partial charge is 0.416 e. The van der Waals surface area contributed by atoms with Gasteiger partial charge in [-0.15, -0.1) is 0 Å². The van der Waals surface area contributed by atoms with E-state index in [-0.39, 0.29) is 5.56 Å². The fraction of sp³-hybridized carbons (Fsp3) is 0.333. The number of halogens is 4. The number of rotatable bonds is 4. The van der Waals surface area contributed by atoms with Gasteiger partial charge in [-0.05, 0) is 42.3 Å². The number of nitrogens with one attached hydrogen (secondary N) is 1. The number of carbonyl (C=O) groups is 2. The van der Waals surface area contributed by atoms with Gasteiger partial charge < -0.3 is 5.32 Å². The molecule has 1 N–H and O–H groups in total. The van der Waals surface area contributed by atoms with Gasteiger partial charge in [0.25, 0.3) is 5.91 Å². The molecule has 1 aromatic rings. The van der Waals surface area contributed by atoms with Gasteiger partial charge in [0.15, 0.2) is 0 Å². The monoisotopic (exact) mass is 293 g/mol. The molecule has 0 aromatic heterocycles. The van der Waals surface area contributed by atoms with Gasteiger partial charge in [0, 0.05) is 5.56 Å². The lowest BCUT2D eigenvalue weighted by Crippen LogP contribution is -2.38. The molecule has 0 spiro atoms. The highest BCUT2D eigenvalue weighted by molar-refractivity contribution is 6.64. The smallest absolute Gasteiger partial charge is 0.341 e. The third-order valence-corrected chi connectivity index (χ3v) is 2.73. The fourth-order valence-electron chi connectivity index (χ4n) is 1.37. The Bertz CT molecular complexity index is 471. The SMILES string of the molecule is CCC(NC(=O)c1ccc(C(F)(F)F)cc1)C(=O)Cl. The molecule has 1 rings (SSSR count). The molecule has 0 aliphatic heterocycles. The second-order valence-corrected chi connectivity index (χ2v) is 4.19. The Morgan fingerprint density at radius 2 is 1.79 bits per heavy atom. The summed E-state index contributed by atoms with van der Waals surface area (Å²) in [5.41, 5.74) is -0.811. The van der Waals surface area contributed by atoms with Gasteiger partial charge in [-0.2, -0.15) is 13.2 Å². The summed E-state index contributed by atoms with van der Waals surface area (Å²) in [5, 5.41) is 1.62. The van der Waals surface area contributed by atoms with Crippen LogP contribution in [0.5, 0.6) is 0 Å². The van der Waals surface area contributed by atoms with Crippen LogP contribution in [0.4, 0.5) is 13.2 Å². The van der Waals surface area contributed by atoms with Crippen molar-refractivity contribution >= 4 is 22.8 Å². The zero-order chi connectivity index (χ0) is 14.6. The molecule has 1 aromatic carbocycles. The number of benzene rings is 1. The number of amides is 1. The van der Waals surface area contributed by atoms with Crippen molar-refractivity contribution in [2.45, 2.75) is 25.6 Å². The Kier molecular flexibility index (Phi) is 4.94. The van der Waals surface area contributed by atoms with Crippen molar-refractivity contribution in [3.8, 4) is 0 Å². The van der Waals surface area contributed by atoms with Crippen molar-refractivity contribution < 1.29 is 22.8 Å². The molecule has 0 saturated carbocycles. The minimum Gasteiger partial charge on any atom is -0.341 e. The third kappa shape index (κ3) is 4.24. The first-order valence-corrected chi connectivity index (χ1v) is 5.81. The summed E-state index contributed by atoms with van der Waals surface area (Å²) in [6.45, 7) is 1.65. The standard InChI is InChI=1S/C12H11ClF3NO2/c1-2-9(10(13)18)17-11(19)7-3-5-8(6-4-7)12(14,15)16/h3-6,9H,2H2,1H3,(H,17,19). The molecule has 0 bridgehead atoms. The van der Waals surface area contributed by atoms with Crippen LogP contribution in [0.2, 0.25) is 0 Å². The zero-order valence-corrected chi connectivity index (χ0v) is 10.7. The Morgan fingerprint density at radius 3 is 2.16 bits per heavy atom. The fourth-order valence-corrected chi connectivity index (χ4v) is 1.58. The van der Waals surface area contributed by atoms with Gasteiger partial charge in [0.05, 0.1) is 5.56 Å². The highest BCUT2D eigenvalue weighted by Crippen LogP contribution is 2.29. The van der Waals surface area contributed by atoms with Gasteiger partial charge in [-0.25, -0.2) is 0 Å². The summed E-state index contributed by atoms with van der Waals surface area (Å²) in [4.78, 5) is 22.6. The molecular weight excluding hydrogens is 283 g/mol. The highest BCUT2D eigenvalue weighted by Gasteiger charge is 2.30. The predicted octanol–water partition coefficient (Wildman–Crippen LogP) is 2.98. The van der Waals surface area contributed by atoms with E-state index >= 15 is 0 Å². The Hall–Kier alpha value is -1.56. The van der Waals surface area contributed by atoms with Crippen molar-refractivity contribution in [2.24, 2.45) is 0 Å². The Morgan fingerprint density at radius 1 is 1.26 bits per heavy atom. The summed E-state index contributed by atoms with van der Waals surface area (Å²) in [5.74, 6) is -0.644. The van der Waals surface area contributed by atoms with E-state index in [1.54, 1.807) is 6.92 Å². The van der Waals surface area contributed by atoms with E-state index in [0.717, 1.165) is 24.3 Å². The van der Waals surface area contributed by atoms with Crippen molar-refractivity contribution in [1.82, 2.24) is 5.32 Å². The van der Waals surface area contributed by atoms with E-state index in [1.807, 2.05) is 0 Å². The number of hydrogen-bond acceptors (Lipinski definition) is 2. The van der Waals surface area contributed by atoms with Gasteiger partial charge in [0.1, 0.15) is 6.04 Å². The van der Waals surface area contributed by atoms with Gasteiger partial charge in [-0.3, -0.25) is 9.59 Å². The van der Waals surface area contributed by atoms with Gasteiger partial charge in [0.2, 0.25) is 5.24 Å². The quantitative estimate of drug-likeness (QED) is 0.868. The maximum absolute atomic E-state index is 12.3. The molecule has 0 radical (unpaired) electrons. The zero-order valence-electron chi connectivity index (χ0n) is 9.92. The van der Waals surface area contributed by atoms with Crippen LogP contribution in [0.3, 0.4) is 0 Å². The maximum atomic E-state index is 12.3. The predicted molar refractivity (Wildman–Crippen MR) is 63.8 cm³/mol. The molecule has 19 heavy (non-hydrogen) atoms. The van der Waals surface area contributed by atoms with Crippen molar-refractivity contribution in [1.29, 1.82) is 0 Å². The van der Waals surface area contributed by atoms with Crippen molar-refractivity contribution in [2.75, 3.05) is 0 Å². The van der Waals surface area contributed by atoms with Gasteiger partial charge in [-0.1, -0.05) is 6.92 Å². The summed E-state index contributed by atoms with van der Waals surface area (Å²) < 4.78 is 37.0. The first kappa shape index (κ1) is 15.5. The molecule has 0 saturated heterocycles. The topological polar surface area (TPSA) is 46.2 Å². The molecule has 1 unspecified atom stereocenters. The maximum Gasteiger partial charge on any atom is 0.416 e. The van der Waals surface area contributed by atoms with Crippen LogP contribution in [-0.4, -0.2) is 17.2 Å². The molecule has 1 atom stereocenters. The molecule has 3 nitrogen and oxygen atoms in total. The molecular formula is C12H11ClF3NO2. The van der Waals surface area contributed by atoms with Gasteiger partial charge >= 0.3 is 6.18 Å². The molecule has 0 aliphatic rings. The Balaban J connectivity index is 2.81. The minimum absolute atomic E-state index is 0.0318. The normalized spacial score (nSPS) is 12.9. The summed E-state index contributed by atoms with van der Waals surface area (Å²) in [6.07, 6.45) is -4.15. The Labute approximate surface area is 112 Å². The van der Waals surface area contributed by atoms with Crippen LogP contribution in [0.15, 0.2) is 24.3 Å². The molecule has 0 aliphatic carbocycles. The number of hydrogen-bond donors (Lipinski definition) is 1. The van der Waals surface area contributed by atoms with E-state index in [2.05, 4.69) is 5.32 Å². The van der Waals surface area contributed by atoms with Crippen LogP contribution in [-0.2, 0) is 11.0 Å². The number of carbonyl (C=O) groups excluding carboxylic acids is 2. The summed E-state index contributed by atoms with van der Waals surface area (Å²) >= 11 is 5.26. The lowest BCUT2D eigenvalue weighted by molar-refractivity contribution is -0.137. The second-order valence-electron chi connectivity index (χ2n) is 3.81. The first-order valence-electron chi connectivity index (χ1n) is 5.43. The molecule has 104 valence electrons. The lowest BCUT2D eigenvalue weighted by atomic mass is 10.1. The van der Waals surface area contributed by atoms with Crippen molar-refractivity contribution in [3.63, 3.8) is 0 Å². The van der Waals surface area contributed by atoms with Crippen molar-refractivity contribution in [3.05, 3.63) is 35.4 Å². The highest BCUT2D eigenvalue weighted by atomic mass is 35.5. The molecule has 0 heterocycles. The molecule has 0 fully saturated rings. The minimum atomic E-state index is -4.45. The average molecular weight is 294 g/mol. The van der Waals surface area contributed by atoms with Crippen LogP contribution in [0.1, 0.15) is 29.3 Å². The van der Waals surface area contributed by atoms with E-state index < -0.39 is 28.9 Å². The average Bonchev–Trinajstić information content (AvgIpc) is 2.34. The second kappa shape index (κ2) is 6.06. The summed E-state index contributed by atoms with van der Waals surface area (Å²) in [7, 11) is 0. The number of alkyl halides is 3. The van der Waals surface area contributed by atoms with E-state index in [0.29, 0.717) is 6.42 Å². The molecule has 1 amide bonds. The van der Waals surface area contributed by atoms with Crippen LogP contribution in [0, 0.1) is 0 Å². The van der Waals surface area contributed by atoms with Crippen LogP contribution < -0.4 is 5.32 Å². The van der Waals surface area contributed by atoms with E-state index in [1.165, 1.54) is 0 Å². The van der Waals surface area contributed by atoms with Crippen LogP contribution in [0.25, 0.3) is 0 Å². The van der Waals surface area contributed by atoms with E-state index in [9.17, 15) is 22.8 Å². The van der Waals surface area contributed by atoms with Crippen LogP contribution >= 0.6 is 11.6 Å². The lowest BCUT2D eigenvalue weighted by Gasteiger charge is -2.13.